The molecule has 0 spiro atoms. The van der Waals surface area contributed by atoms with E-state index in [1.165, 1.54) is 18.2 Å². The van der Waals surface area contributed by atoms with Gasteiger partial charge in [-0.05, 0) is 51.8 Å². The molecule has 0 N–H and O–H groups in total. The molecule has 0 bridgehead atoms. The van der Waals surface area contributed by atoms with Crippen molar-refractivity contribution in [2.75, 3.05) is 6.79 Å². The molecule has 0 amide bonds. The molecule has 0 saturated carbocycles. The van der Waals surface area contributed by atoms with E-state index < -0.39 is 10.9 Å². The average Bonchev–Trinajstić information content (AvgIpc) is 3.22. The van der Waals surface area contributed by atoms with E-state index in [9.17, 15) is 14.9 Å². The third kappa shape index (κ3) is 2.93. The fourth-order valence-corrected chi connectivity index (χ4v) is 2.87. The van der Waals surface area contributed by atoms with Crippen molar-refractivity contribution in [1.82, 2.24) is 0 Å². The molecule has 0 atom stereocenters. The largest absolute Gasteiger partial charge is 0.454 e. The number of hydrogen-bond acceptors (Lipinski definition) is 7. The number of aliphatic imine (C=N–C) groups is 1. The van der Waals surface area contributed by atoms with Gasteiger partial charge in [-0.1, -0.05) is 6.07 Å². The van der Waals surface area contributed by atoms with Crippen LogP contribution in [0.1, 0.15) is 11.1 Å². The first-order valence-electron chi connectivity index (χ1n) is 7.38. The maximum atomic E-state index is 12.1. The predicted molar refractivity (Wildman–Crippen MR) is 94.0 cm³/mol. The first-order chi connectivity index (χ1) is 12.5. The van der Waals surface area contributed by atoms with Crippen molar-refractivity contribution in [2.24, 2.45) is 4.99 Å². The van der Waals surface area contributed by atoms with Crippen LogP contribution in [0.3, 0.4) is 0 Å². The number of halogens is 1. The second-order valence-corrected chi connectivity index (χ2v) is 6.23. The van der Waals surface area contributed by atoms with Gasteiger partial charge in [-0.2, -0.15) is 0 Å². The quantitative estimate of drug-likeness (QED) is 0.328. The summed E-state index contributed by atoms with van der Waals surface area (Å²) in [5.74, 6) is 0.647. The lowest BCUT2D eigenvalue weighted by Crippen LogP contribution is -2.05. The number of benzene rings is 2. The van der Waals surface area contributed by atoms with Gasteiger partial charge in [0.05, 0.1) is 9.40 Å². The van der Waals surface area contributed by atoms with Crippen LogP contribution in [0.4, 0.5) is 5.69 Å². The first-order valence-corrected chi connectivity index (χ1v) is 8.17. The van der Waals surface area contributed by atoms with Crippen LogP contribution in [0.25, 0.3) is 6.08 Å². The molecule has 0 unspecified atom stereocenters. The minimum Gasteiger partial charge on any atom is -0.454 e. The van der Waals surface area contributed by atoms with Crippen LogP contribution >= 0.6 is 15.9 Å². The number of nitro groups is 1. The topological polar surface area (TPSA) is 100 Å². The molecule has 2 aliphatic heterocycles. The minimum absolute atomic E-state index is 0.0503. The number of hydrogen-bond donors (Lipinski definition) is 0. The molecular weight excluding hydrogens is 408 g/mol. The second kappa shape index (κ2) is 6.26. The monoisotopic (exact) mass is 416 g/mol. The van der Waals surface area contributed by atoms with Gasteiger partial charge < -0.3 is 14.2 Å². The molecule has 2 heterocycles. The number of nitrogens with zero attached hydrogens (tertiary/aromatic N) is 2. The number of ether oxygens (including phenoxy) is 3. The number of nitro benzene ring substituents is 1. The zero-order valence-electron chi connectivity index (χ0n) is 13.0. The van der Waals surface area contributed by atoms with Gasteiger partial charge in [0.1, 0.15) is 0 Å². The molecule has 4 rings (SSSR count). The average molecular weight is 417 g/mol. The number of carbonyl (C=O) groups is 1. The summed E-state index contributed by atoms with van der Waals surface area (Å²) in [5, 5.41) is 11.0. The predicted octanol–water partition coefficient (Wildman–Crippen LogP) is 3.43. The Balaban J connectivity index is 1.67. The van der Waals surface area contributed by atoms with Crippen LogP contribution in [0, 0.1) is 10.1 Å². The molecule has 0 aliphatic carbocycles. The van der Waals surface area contributed by atoms with Crippen LogP contribution in [0.15, 0.2) is 51.6 Å². The molecular formula is C17H9BrN2O6. The van der Waals surface area contributed by atoms with Crippen LogP contribution in [-0.4, -0.2) is 23.6 Å². The summed E-state index contributed by atoms with van der Waals surface area (Å²) in [6.07, 6.45) is 1.43. The molecule has 0 aromatic heterocycles. The van der Waals surface area contributed by atoms with E-state index in [-0.39, 0.29) is 24.1 Å². The number of carbonyl (C=O) groups excluding carboxylic acids is 1. The third-order valence-corrected chi connectivity index (χ3v) is 4.38. The lowest BCUT2D eigenvalue weighted by atomic mass is 10.1. The van der Waals surface area contributed by atoms with Crippen molar-refractivity contribution in [3.8, 4) is 11.5 Å². The maximum absolute atomic E-state index is 12.1. The van der Waals surface area contributed by atoms with E-state index in [2.05, 4.69) is 20.9 Å². The molecule has 0 saturated heterocycles. The van der Waals surface area contributed by atoms with Crippen LogP contribution in [0.2, 0.25) is 0 Å². The lowest BCUT2D eigenvalue weighted by molar-refractivity contribution is -0.385. The summed E-state index contributed by atoms with van der Waals surface area (Å²) in [7, 11) is 0. The second-order valence-electron chi connectivity index (χ2n) is 5.37. The van der Waals surface area contributed by atoms with Crippen molar-refractivity contribution in [1.29, 1.82) is 0 Å². The zero-order valence-corrected chi connectivity index (χ0v) is 14.6. The Morgan fingerprint density at radius 3 is 2.77 bits per heavy atom. The third-order valence-electron chi connectivity index (χ3n) is 3.71. The van der Waals surface area contributed by atoms with Crippen LogP contribution < -0.4 is 9.47 Å². The molecule has 8 nitrogen and oxygen atoms in total. The van der Waals surface area contributed by atoms with Gasteiger partial charge >= 0.3 is 5.97 Å². The molecule has 9 heteroatoms. The van der Waals surface area contributed by atoms with E-state index in [0.717, 1.165) is 0 Å². The Morgan fingerprint density at radius 1 is 1.15 bits per heavy atom. The number of fused-ring (bicyclic) bond motifs is 1. The molecule has 0 fully saturated rings. The summed E-state index contributed by atoms with van der Waals surface area (Å²) >= 11 is 3.12. The van der Waals surface area contributed by atoms with Gasteiger partial charge in [-0.3, -0.25) is 10.1 Å². The summed E-state index contributed by atoms with van der Waals surface area (Å²) < 4.78 is 16.1. The van der Waals surface area contributed by atoms with E-state index in [1.807, 2.05) is 0 Å². The maximum Gasteiger partial charge on any atom is 0.363 e. The fraction of sp³-hybridized carbons (Fsp3) is 0.0588. The van der Waals surface area contributed by atoms with Gasteiger partial charge in [-0.25, -0.2) is 9.79 Å². The number of rotatable bonds is 3. The van der Waals surface area contributed by atoms with E-state index in [1.54, 1.807) is 24.3 Å². The Hall–Kier alpha value is -3.20. The molecule has 130 valence electrons. The molecule has 2 aromatic carbocycles. The highest BCUT2D eigenvalue weighted by Crippen LogP contribution is 2.34. The van der Waals surface area contributed by atoms with Crippen LogP contribution in [-0.2, 0) is 9.53 Å². The van der Waals surface area contributed by atoms with Crippen LogP contribution in [0.5, 0.6) is 11.5 Å². The van der Waals surface area contributed by atoms with Crippen molar-refractivity contribution < 1.29 is 23.9 Å². The summed E-state index contributed by atoms with van der Waals surface area (Å²) in [6, 6.07) is 9.58. The molecule has 0 radical (unpaired) electrons. The first kappa shape index (κ1) is 16.3. The Kier molecular flexibility index (Phi) is 3.92. The summed E-state index contributed by atoms with van der Waals surface area (Å²) in [4.78, 5) is 26.8. The minimum atomic E-state index is -0.636. The van der Waals surface area contributed by atoms with E-state index in [4.69, 9.17) is 14.2 Å². The Morgan fingerprint density at radius 2 is 1.96 bits per heavy atom. The summed E-state index contributed by atoms with van der Waals surface area (Å²) in [5.41, 5.74) is 0.968. The molecule has 2 aliphatic rings. The molecule has 26 heavy (non-hydrogen) atoms. The Labute approximate surface area is 155 Å². The van der Waals surface area contributed by atoms with Gasteiger partial charge in [-0.15, -0.1) is 0 Å². The zero-order chi connectivity index (χ0) is 18.3. The number of esters is 1. The SMILES string of the molecule is O=C1OC(c2ccc3c(c2)OCO3)=N/C1=C\c1ccc(Br)c([N+](=O)[O-])c1. The highest BCUT2D eigenvalue weighted by atomic mass is 79.9. The highest BCUT2D eigenvalue weighted by Gasteiger charge is 2.26. The van der Waals surface area contributed by atoms with Crippen molar-refractivity contribution >= 4 is 39.6 Å². The smallest absolute Gasteiger partial charge is 0.363 e. The normalized spacial score (nSPS) is 16.6. The van der Waals surface area contributed by atoms with Gasteiger partial charge in [0.2, 0.25) is 12.7 Å². The standard InChI is InChI=1S/C17H9BrN2O6/c18-11-3-1-9(6-13(11)20(22)23)5-12-17(21)26-16(19-12)10-2-4-14-15(7-10)25-8-24-14/h1-7H,8H2/b12-5-. The summed E-state index contributed by atoms with van der Waals surface area (Å²) in [6.45, 7) is 0.137. The fourth-order valence-electron chi connectivity index (χ4n) is 2.48. The number of cyclic esters (lactones) is 1. The van der Waals surface area contributed by atoms with Crippen molar-refractivity contribution in [2.45, 2.75) is 0 Å². The van der Waals surface area contributed by atoms with E-state index in [0.29, 0.717) is 27.1 Å². The molecule has 2 aromatic rings. The van der Waals surface area contributed by atoms with Gasteiger partial charge in [0, 0.05) is 11.6 Å². The van der Waals surface area contributed by atoms with Crippen molar-refractivity contribution in [3.05, 3.63) is 67.8 Å². The van der Waals surface area contributed by atoms with Gasteiger partial charge in [0.25, 0.3) is 5.69 Å². The van der Waals surface area contributed by atoms with E-state index >= 15 is 0 Å². The Bertz CT molecular complexity index is 1010. The van der Waals surface area contributed by atoms with Crippen molar-refractivity contribution in [3.63, 3.8) is 0 Å². The van der Waals surface area contributed by atoms with Gasteiger partial charge in [0.15, 0.2) is 17.2 Å². The highest BCUT2D eigenvalue weighted by molar-refractivity contribution is 9.10. The lowest BCUT2D eigenvalue weighted by Gasteiger charge is -2.01.